The number of nitrogens with one attached hydrogen (secondary N) is 1. The van der Waals surface area contributed by atoms with Gasteiger partial charge in [0.25, 0.3) is 0 Å². The van der Waals surface area contributed by atoms with E-state index in [-0.39, 0.29) is 5.91 Å². The number of amides is 1. The number of likely N-dealkylation sites (N-methyl/N-ethyl adjacent to an activating group) is 1. The summed E-state index contributed by atoms with van der Waals surface area (Å²) in [5, 5.41) is 2.02. The molecule has 0 aliphatic heterocycles. The Morgan fingerprint density at radius 3 is 2.38 bits per heavy atom. The lowest BCUT2D eigenvalue weighted by Gasteiger charge is -2.05. The third kappa shape index (κ3) is 3.61. The van der Waals surface area contributed by atoms with Crippen molar-refractivity contribution in [2.45, 2.75) is 0 Å². The number of hydrogen-bond acceptors (Lipinski definition) is 2. The summed E-state index contributed by atoms with van der Waals surface area (Å²) in [6, 6.07) is 0. The molecule has 0 spiro atoms. The van der Waals surface area contributed by atoms with Gasteiger partial charge in [0, 0.05) is 0 Å². The Balaban J connectivity index is 3.25. The van der Waals surface area contributed by atoms with E-state index in [4.69, 9.17) is 7.05 Å². The first kappa shape index (κ1) is 7.43. The molecule has 0 rings (SSSR count). The van der Waals surface area contributed by atoms with Crippen LogP contribution in [0.25, 0.3) is 0 Å². The van der Waals surface area contributed by atoms with Gasteiger partial charge in [0.1, 0.15) is 0 Å². The van der Waals surface area contributed by atoms with Gasteiger partial charge in [-0.2, -0.15) is 0 Å². The molecule has 0 fully saturated rings. The van der Waals surface area contributed by atoms with Crippen LogP contribution in [0.3, 0.4) is 0 Å². The molecule has 0 aliphatic rings. The number of hydrogen-bond donors (Lipinski definition) is 1. The lowest BCUT2D eigenvalue weighted by Crippen LogP contribution is -2.29. The van der Waals surface area contributed by atoms with E-state index in [9.17, 15) is 4.79 Å². The summed E-state index contributed by atoms with van der Waals surface area (Å²) >= 11 is 0. The van der Waals surface area contributed by atoms with Gasteiger partial charge >= 0.3 is 0 Å². The van der Waals surface area contributed by atoms with Crippen molar-refractivity contribution in [2.75, 3.05) is 20.6 Å². The molecule has 3 heteroatoms. The highest BCUT2D eigenvalue weighted by Crippen LogP contribution is 1.70. The molecule has 0 saturated carbocycles. The van der Waals surface area contributed by atoms with E-state index in [1.54, 1.807) is 19.0 Å². The van der Waals surface area contributed by atoms with Crippen LogP contribution < -0.4 is 5.32 Å². The van der Waals surface area contributed by atoms with Gasteiger partial charge in [-0.3, -0.25) is 4.79 Å². The molecule has 0 unspecified atom stereocenters. The molecule has 1 N–H and O–H groups in total. The highest BCUT2D eigenvalue weighted by atomic mass is 16.1. The fourth-order valence-corrected chi connectivity index (χ4v) is 0.333. The lowest BCUT2D eigenvalue weighted by molar-refractivity contribution is -0.120. The Morgan fingerprint density at radius 2 is 2.25 bits per heavy atom. The van der Waals surface area contributed by atoms with E-state index in [0.29, 0.717) is 6.54 Å². The van der Waals surface area contributed by atoms with Crippen LogP contribution in [-0.4, -0.2) is 31.4 Å². The third-order valence-corrected chi connectivity index (χ3v) is 0.621. The molecule has 0 aromatic carbocycles. The monoisotopic (exact) mass is 114 g/mol. The molecule has 2 radical (unpaired) electrons. The van der Waals surface area contributed by atoms with Crippen LogP contribution in [0.15, 0.2) is 0 Å². The average molecular weight is 114 g/mol. The zero-order chi connectivity index (χ0) is 6.57. The largest absolute Gasteiger partial charge is 0.348 e. The van der Waals surface area contributed by atoms with E-state index < -0.39 is 0 Å². The molecular weight excluding hydrogens is 104 g/mol. The predicted molar refractivity (Wildman–Crippen MR) is 31.0 cm³/mol. The SMILES string of the molecule is [CH]NC(=O)CN(C)C. The average Bonchev–Trinajstić information content (AvgIpc) is 1.65. The minimum Gasteiger partial charge on any atom is -0.348 e. The highest BCUT2D eigenvalue weighted by Gasteiger charge is 1.96. The topological polar surface area (TPSA) is 32.3 Å². The van der Waals surface area contributed by atoms with Crippen LogP contribution in [0.2, 0.25) is 0 Å². The van der Waals surface area contributed by atoms with E-state index in [1.807, 2.05) is 5.32 Å². The van der Waals surface area contributed by atoms with Crippen LogP contribution in [0.1, 0.15) is 0 Å². The fourth-order valence-electron chi connectivity index (χ4n) is 0.333. The summed E-state index contributed by atoms with van der Waals surface area (Å²) < 4.78 is 0. The first-order chi connectivity index (χ1) is 3.66. The van der Waals surface area contributed by atoms with Crippen LogP contribution in [0.4, 0.5) is 0 Å². The summed E-state index contributed by atoms with van der Waals surface area (Å²) in [5.74, 6) is -0.171. The van der Waals surface area contributed by atoms with Gasteiger partial charge in [0.05, 0.1) is 13.6 Å². The molecule has 0 heterocycles. The van der Waals surface area contributed by atoms with Gasteiger partial charge in [-0.05, 0) is 14.1 Å². The minimum absolute atomic E-state index is 0.171. The Bertz CT molecular complexity index is 80.5. The van der Waals surface area contributed by atoms with E-state index in [0.717, 1.165) is 0 Å². The van der Waals surface area contributed by atoms with Gasteiger partial charge in [-0.25, -0.2) is 0 Å². The lowest BCUT2D eigenvalue weighted by atomic mass is 10.5. The highest BCUT2D eigenvalue weighted by molar-refractivity contribution is 5.77. The Hall–Kier alpha value is -0.570. The normalized spacial score (nSPS) is 9.50. The van der Waals surface area contributed by atoms with Crippen molar-refractivity contribution in [1.82, 2.24) is 10.2 Å². The molecular formula is C5H10N2O. The van der Waals surface area contributed by atoms with E-state index in [2.05, 4.69) is 0 Å². The van der Waals surface area contributed by atoms with Crippen molar-refractivity contribution < 1.29 is 4.79 Å². The summed E-state index contributed by atoms with van der Waals surface area (Å²) in [6.45, 7) is 0.344. The quantitative estimate of drug-likeness (QED) is 0.483. The fraction of sp³-hybridized carbons (Fsp3) is 0.600. The number of nitrogens with zero attached hydrogens (tertiary/aromatic N) is 1. The van der Waals surface area contributed by atoms with Crippen molar-refractivity contribution in [2.24, 2.45) is 0 Å². The zero-order valence-electron chi connectivity index (χ0n) is 5.14. The van der Waals surface area contributed by atoms with Gasteiger partial charge in [0.15, 0.2) is 0 Å². The molecule has 0 aromatic heterocycles. The molecule has 3 nitrogen and oxygen atoms in total. The van der Waals surface area contributed by atoms with Crippen LogP contribution in [-0.2, 0) is 4.79 Å². The van der Waals surface area contributed by atoms with Gasteiger partial charge < -0.3 is 10.2 Å². The molecule has 0 atom stereocenters. The zero-order valence-corrected chi connectivity index (χ0v) is 5.14. The molecule has 0 aliphatic carbocycles. The van der Waals surface area contributed by atoms with Crippen LogP contribution in [0.5, 0.6) is 0 Å². The van der Waals surface area contributed by atoms with Crippen LogP contribution in [0, 0.1) is 7.05 Å². The Morgan fingerprint density at radius 1 is 1.75 bits per heavy atom. The second-order valence-corrected chi connectivity index (χ2v) is 1.81. The molecule has 0 aromatic rings. The van der Waals surface area contributed by atoms with Crippen molar-refractivity contribution in [3.8, 4) is 0 Å². The second-order valence-electron chi connectivity index (χ2n) is 1.81. The van der Waals surface area contributed by atoms with E-state index >= 15 is 0 Å². The smallest absolute Gasteiger partial charge is 0.234 e. The predicted octanol–water partition coefficient (Wildman–Crippen LogP) is -0.667. The maximum atomic E-state index is 10.3. The summed E-state index contributed by atoms with van der Waals surface area (Å²) in [5.41, 5.74) is 0. The standard InChI is InChI=1S/C5H10N2O/c1-6-5(8)4-7(2)3/h1H,4H2,2-3H3,(H,6,8). The molecule has 1 amide bonds. The number of carbonyl (C=O) groups is 1. The summed E-state index contributed by atoms with van der Waals surface area (Å²) in [4.78, 5) is 12.1. The molecule has 46 valence electrons. The van der Waals surface area contributed by atoms with E-state index in [1.165, 1.54) is 0 Å². The summed E-state index contributed by atoms with van der Waals surface area (Å²) in [6.07, 6.45) is 0. The maximum Gasteiger partial charge on any atom is 0.234 e. The second kappa shape index (κ2) is 3.43. The maximum absolute atomic E-state index is 10.3. The molecule has 0 bridgehead atoms. The third-order valence-electron chi connectivity index (χ3n) is 0.621. The van der Waals surface area contributed by atoms with Crippen molar-refractivity contribution in [1.29, 1.82) is 0 Å². The first-order valence-corrected chi connectivity index (χ1v) is 2.31. The summed E-state index contributed by atoms with van der Waals surface area (Å²) in [7, 11) is 8.40. The van der Waals surface area contributed by atoms with Crippen LogP contribution >= 0.6 is 0 Å². The van der Waals surface area contributed by atoms with Crippen molar-refractivity contribution in [3.05, 3.63) is 7.05 Å². The minimum atomic E-state index is -0.171. The van der Waals surface area contributed by atoms with Gasteiger partial charge in [-0.1, -0.05) is 0 Å². The van der Waals surface area contributed by atoms with Crippen molar-refractivity contribution >= 4 is 5.91 Å². The Kier molecular flexibility index (Phi) is 3.19. The number of rotatable bonds is 2. The first-order valence-electron chi connectivity index (χ1n) is 2.31. The Labute approximate surface area is 49.7 Å². The number of carbonyl (C=O) groups excluding carboxylic acids is 1. The van der Waals surface area contributed by atoms with Gasteiger partial charge in [0.2, 0.25) is 5.91 Å². The van der Waals surface area contributed by atoms with Crippen molar-refractivity contribution in [3.63, 3.8) is 0 Å². The molecule has 8 heavy (non-hydrogen) atoms. The van der Waals surface area contributed by atoms with Gasteiger partial charge in [-0.15, -0.1) is 0 Å². The molecule has 0 saturated heterocycles.